The van der Waals surface area contributed by atoms with Gasteiger partial charge in [0.25, 0.3) is 0 Å². The Bertz CT molecular complexity index is 682. The first-order valence-corrected chi connectivity index (χ1v) is 7.62. The molecule has 3 N–H and O–H groups in total. The Hall–Kier alpha value is -1.43. The van der Waals surface area contributed by atoms with Crippen molar-refractivity contribution in [1.82, 2.24) is 0 Å². The molecule has 21 heavy (non-hydrogen) atoms. The van der Waals surface area contributed by atoms with Crippen LogP contribution in [0.2, 0.25) is 10.0 Å². The molecule has 0 radical (unpaired) electrons. The average Bonchev–Trinajstić information content (AvgIpc) is 2.44. The van der Waals surface area contributed by atoms with Gasteiger partial charge >= 0.3 is 0 Å². The van der Waals surface area contributed by atoms with E-state index in [1.54, 1.807) is 24.3 Å². The molecule has 0 aliphatic rings. The number of thioether (sulfide) groups is 1. The van der Waals surface area contributed by atoms with Crippen molar-refractivity contribution in [3.8, 4) is 0 Å². The highest BCUT2D eigenvalue weighted by Gasteiger charge is 2.08. The highest BCUT2D eigenvalue weighted by atomic mass is 35.5. The Morgan fingerprint density at radius 1 is 1.24 bits per heavy atom. The molecule has 0 aliphatic heterocycles. The molecule has 0 aliphatic carbocycles. The van der Waals surface area contributed by atoms with Crippen molar-refractivity contribution < 1.29 is 9.18 Å². The Morgan fingerprint density at radius 3 is 2.71 bits per heavy atom. The molecule has 0 fully saturated rings. The lowest BCUT2D eigenvalue weighted by Crippen LogP contribution is -2.14. The fourth-order valence-corrected chi connectivity index (χ4v) is 2.58. The summed E-state index contributed by atoms with van der Waals surface area (Å²) in [7, 11) is 0. The zero-order valence-electron chi connectivity index (χ0n) is 10.7. The topological polar surface area (TPSA) is 55.1 Å². The molecule has 0 atom stereocenters. The summed E-state index contributed by atoms with van der Waals surface area (Å²) in [5, 5.41) is 3.53. The first-order chi connectivity index (χ1) is 9.95. The molecule has 0 saturated heterocycles. The number of halogens is 3. The van der Waals surface area contributed by atoms with E-state index in [0.717, 1.165) is 0 Å². The smallest absolute Gasteiger partial charge is 0.234 e. The molecule has 0 heterocycles. The van der Waals surface area contributed by atoms with Crippen LogP contribution in [0.15, 0.2) is 41.3 Å². The Morgan fingerprint density at radius 2 is 2.00 bits per heavy atom. The number of carbonyl (C=O) groups excluding carboxylic acids is 1. The number of nitrogen functional groups attached to an aromatic ring is 1. The van der Waals surface area contributed by atoms with E-state index in [-0.39, 0.29) is 17.3 Å². The Balaban J connectivity index is 1.95. The number of hydrogen-bond acceptors (Lipinski definition) is 3. The lowest BCUT2D eigenvalue weighted by molar-refractivity contribution is -0.113. The van der Waals surface area contributed by atoms with Crippen LogP contribution in [0.1, 0.15) is 0 Å². The molecule has 3 nitrogen and oxygen atoms in total. The molecule has 0 unspecified atom stereocenters. The summed E-state index contributed by atoms with van der Waals surface area (Å²) < 4.78 is 13.3. The third kappa shape index (κ3) is 4.52. The summed E-state index contributed by atoms with van der Waals surface area (Å²) >= 11 is 13.0. The first-order valence-electron chi connectivity index (χ1n) is 5.88. The van der Waals surface area contributed by atoms with Crippen molar-refractivity contribution >= 4 is 52.2 Å². The predicted octanol–water partition coefficient (Wildman–Crippen LogP) is 4.45. The largest absolute Gasteiger partial charge is 0.396 e. The molecule has 110 valence electrons. The van der Waals surface area contributed by atoms with E-state index in [0.29, 0.717) is 20.6 Å². The lowest BCUT2D eigenvalue weighted by atomic mass is 10.3. The molecule has 0 spiro atoms. The van der Waals surface area contributed by atoms with E-state index in [1.165, 1.54) is 23.9 Å². The van der Waals surface area contributed by atoms with Gasteiger partial charge in [0.05, 0.1) is 22.2 Å². The van der Waals surface area contributed by atoms with E-state index >= 15 is 0 Å². The van der Waals surface area contributed by atoms with Crippen LogP contribution >= 0.6 is 35.0 Å². The van der Waals surface area contributed by atoms with Crippen LogP contribution in [0.3, 0.4) is 0 Å². The number of amides is 1. The fraction of sp³-hybridized carbons (Fsp3) is 0.0714. The van der Waals surface area contributed by atoms with Crippen molar-refractivity contribution in [2.75, 3.05) is 16.8 Å². The van der Waals surface area contributed by atoms with Gasteiger partial charge in [-0.05, 0) is 36.4 Å². The molecule has 0 aromatic heterocycles. The van der Waals surface area contributed by atoms with Crippen LogP contribution in [0.5, 0.6) is 0 Å². The molecule has 7 heteroatoms. The summed E-state index contributed by atoms with van der Waals surface area (Å²) in [4.78, 5) is 12.5. The van der Waals surface area contributed by atoms with Gasteiger partial charge in [-0.15, -0.1) is 11.8 Å². The number of anilines is 2. The summed E-state index contributed by atoms with van der Waals surface area (Å²) in [6, 6.07) is 9.20. The normalized spacial score (nSPS) is 10.4. The number of nitrogens with two attached hydrogens (primary N) is 1. The van der Waals surface area contributed by atoms with Gasteiger partial charge in [0.1, 0.15) is 5.82 Å². The number of nitrogens with one attached hydrogen (secondary N) is 1. The number of hydrogen-bond donors (Lipinski definition) is 2. The third-order valence-corrected chi connectivity index (χ3v) is 4.10. The van der Waals surface area contributed by atoms with Gasteiger partial charge in [0.15, 0.2) is 0 Å². The van der Waals surface area contributed by atoms with Crippen LogP contribution < -0.4 is 11.1 Å². The SMILES string of the molecule is Nc1ccc(SCC(=O)Nc2cc(Cl)ccc2Cl)cc1F. The molecular formula is C14H11Cl2FN2OS. The third-order valence-electron chi connectivity index (χ3n) is 2.54. The minimum Gasteiger partial charge on any atom is -0.396 e. The second kappa shape index (κ2) is 7.02. The maximum atomic E-state index is 13.3. The van der Waals surface area contributed by atoms with Gasteiger partial charge in [0.2, 0.25) is 5.91 Å². The highest BCUT2D eigenvalue weighted by Crippen LogP contribution is 2.26. The monoisotopic (exact) mass is 344 g/mol. The quantitative estimate of drug-likeness (QED) is 0.636. The lowest BCUT2D eigenvalue weighted by Gasteiger charge is -2.08. The van der Waals surface area contributed by atoms with Crippen LogP contribution in [-0.2, 0) is 4.79 Å². The van der Waals surface area contributed by atoms with Crippen LogP contribution in [0.25, 0.3) is 0 Å². The number of rotatable bonds is 4. The highest BCUT2D eigenvalue weighted by molar-refractivity contribution is 8.00. The van der Waals surface area contributed by atoms with Crippen LogP contribution in [-0.4, -0.2) is 11.7 Å². The molecule has 0 saturated carbocycles. The molecular weight excluding hydrogens is 334 g/mol. The molecule has 1 amide bonds. The average molecular weight is 345 g/mol. The van der Waals surface area contributed by atoms with Gasteiger partial charge in [-0.3, -0.25) is 4.79 Å². The maximum absolute atomic E-state index is 13.3. The van der Waals surface area contributed by atoms with Gasteiger partial charge < -0.3 is 11.1 Å². The maximum Gasteiger partial charge on any atom is 0.234 e. The summed E-state index contributed by atoms with van der Waals surface area (Å²) in [5.74, 6) is -0.647. The minimum absolute atomic E-state index is 0.0783. The molecule has 2 rings (SSSR count). The van der Waals surface area contributed by atoms with E-state index in [4.69, 9.17) is 28.9 Å². The number of carbonyl (C=O) groups is 1. The summed E-state index contributed by atoms with van der Waals surface area (Å²) in [6.45, 7) is 0. The van der Waals surface area contributed by atoms with E-state index in [2.05, 4.69) is 5.32 Å². The van der Waals surface area contributed by atoms with E-state index < -0.39 is 5.82 Å². The molecule has 2 aromatic rings. The van der Waals surface area contributed by atoms with E-state index in [1.807, 2.05) is 0 Å². The van der Waals surface area contributed by atoms with Gasteiger partial charge in [-0.1, -0.05) is 23.2 Å². The van der Waals surface area contributed by atoms with Crippen molar-refractivity contribution in [2.45, 2.75) is 4.90 Å². The zero-order valence-corrected chi connectivity index (χ0v) is 13.0. The van der Waals surface area contributed by atoms with Gasteiger partial charge in [-0.25, -0.2) is 4.39 Å². The van der Waals surface area contributed by atoms with Crippen LogP contribution in [0, 0.1) is 5.82 Å². The van der Waals surface area contributed by atoms with E-state index in [9.17, 15) is 9.18 Å². The fourth-order valence-electron chi connectivity index (χ4n) is 1.53. The summed E-state index contributed by atoms with van der Waals surface area (Å²) in [5.41, 5.74) is 5.91. The second-order valence-electron chi connectivity index (χ2n) is 4.14. The predicted molar refractivity (Wildman–Crippen MR) is 86.6 cm³/mol. The molecule has 0 bridgehead atoms. The zero-order chi connectivity index (χ0) is 15.4. The number of benzene rings is 2. The standard InChI is InChI=1S/C14H11Cl2FN2OS/c15-8-1-3-10(16)13(5-8)19-14(20)7-21-9-2-4-12(18)11(17)6-9/h1-6H,7,18H2,(H,19,20). The minimum atomic E-state index is -0.502. The van der Waals surface area contributed by atoms with Crippen molar-refractivity contribution in [1.29, 1.82) is 0 Å². The molecule has 2 aromatic carbocycles. The van der Waals surface area contributed by atoms with Crippen molar-refractivity contribution in [3.05, 3.63) is 52.3 Å². The van der Waals surface area contributed by atoms with Crippen molar-refractivity contribution in [3.63, 3.8) is 0 Å². The Labute approximate surface area is 135 Å². The summed E-state index contributed by atoms with van der Waals surface area (Å²) in [6.07, 6.45) is 0. The first kappa shape index (κ1) is 15.9. The van der Waals surface area contributed by atoms with Gasteiger partial charge in [0, 0.05) is 9.92 Å². The Kier molecular flexibility index (Phi) is 5.33. The second-order valence-corrected chi connectivity index (χ2v) is 6.04. The van der Waals surface area contributed by atoms with Crippen molar-refractivity contribution in [2.24, 2.45) is 0 Å². The van der Waals surface area contributed by atoms with Crippen LogP contribution in [0.4, 0.5) is 15.8 Å². The van der Waals surface area contributed by atoms with Gasteiger partial charge in [-0.2, -0.15) is 0 Å².